The summed E-state index contributed by atoms with van der Waals surface area (Å²) in [5.41, 5.74) is 0.434. The second-order valence-corrected chi connectivity index (χ2v) is 9.04. The van der Waals surface area contributed by atoms with Gasteiger partial charge in [0.05, 0.1) is 26.7 Å². The van der Waals surface area contributed by atoms with E-state index in [4.69, 9.17) is 23.7 Å². The maximum Gasteiger partial charge on any atom is 0.309 e. The summed E-state index contributed by atoms with van der Waals surface area (Å²) in [6.45, 7) is 4.90. The second-order valence-electron chi connectivity index (χ2n) is 9.04. The van der Waals surface area contributed by atoms with Gasteiger partial charge in [-0.25, -0.2) is 9.37 Å². The molecule has 1 aliphatic carbocycles. The maximum atomic E-state index is 13.8. The molecule has 0 radical (unpaired) electrons. The van der Waals surface area contributed by atoms with E-state index in [1.807, 2.05) is 0 Å². The van der Waals surface area contributed by atoms with Crippen molar-refractivity contribution in [3.63, 3.8) is 0 Å². The van der Waals surface area contributed by atoms with Gasteiger partial charge >= 0.3 is 11.9 Å². The topological polar surface area (TPSA) is 110 Å². The van der Waals surface area contributed by atoms with Crippen LogP contribution in [0.5, 0.6) is 17.2 Å². The lowest BCUT2D eigenvalue weighted by Crippen LogP contribution is -2.29. The first-order valence-electron chi connectivity index (χ1n) is 12.0. The lowest BCUT2D eigenvalue weighted by atomic mass is 10.0. The van der Waals surface area contributed by atoms with E-state index in [1.54, 1.807) is 19.9 Å². The van der Waals surface area contributed by atoms with Crippen LogP contribution < -0.4 is 14.2 Å². The summed E-state index contributed by atoms with van der Waals surface area (Å²) >= 11 is 0. The molecule has 1 aliphatic rings. The van der Waals surface area contributed by atoms with Gasteiger partial charge in [-0.2, -0.15) is 0 Å². The average Bonchev–Trinajstić information content (AvgIpc) is 3.68. The third kappa shape index (κ3) is 7.48. The van der Waals surface area contributed by atoms with Crippen molar-refractivity contribution in [2.24, 2.45) is 11.8 Å². The van der Waals surface area contributed by atoms with Crippen molar-refractivity contribution in [1.82, 2.24) is 4.98 Å². The van der Waals surface area contributed by atoms with Crippen LogP contribution in [0.25, 0.3) is 0 Å². The maximum absolute atomic E-state index is 13.8. The molecule has 0 bridgehead atoms. The summed E-state index contributed by atoms with van der Waals surface area (Å²) < 4.78 is 41.2. The Bertz CT molecular complexity index is 1130. The van der Waals surface area contributed by atoms with Crippen molar-refractivity contribution in [2.75, 3.05) is 20.8 Å². The van der Waals surface area contributed by atoms with Crippen molar-refractivity contribution >= 4 is 17.7 Å². The Kier molecular flexibility index (Phi) is 9.57. The second kappa shape index (κ2) is 12.6. The van der Waals surface area contributed by atoms with Crippen LogP contribution in [-0.2, 0) is 19.1 Å². The Balaban J connectivity index is 1.73. The van der Waals surface area contributed by atoms with Gasteiger partial charge in [0.25, 0.3) is 0 Å². The minimum Gasteiger partial charge on any atom is -0.496 e. The molecule has 1 aromatic carbocycles. The quantitative estimate of drug-likeness (QED) is 0.281. The van der Waals surface area contributed by atoms with E-state index in [0.29, 0.717) is 18.1 Å². The fourth-order valence-electron chi connectivity index (χ4n) is 3.77. The van der Waals surface area contributed by atoms with Crippen molar-refractivity contribution in [1.29, 1.82) is 0 Å². The molecular weight excluding hydrogens is 485 g/mol. The van der Waals surface area contributed by atoms with Gasteiger partial charge in [-0.05, 0) is 37.8 Å². The van der Waals surface area contributed by atoms with Gasteiger partial charge < -0.3 is 23.7 Å². The number of nitrogens with zero attached hydrogens (tertiary/aromatic N) is 1. The molecule has 3 rings (SSSR count). The molecule has 0 amide bonds. The number of hydrogen-bond donors (Lipinski definition) is 0. The molecular formula is C27H32FNO8. The zero-order valence-electron chi connectivity index (χ0n) is 21.6. The summed E-state index contributed by atoms with van der Waals surface area (Å²) in [5.74, 6) is -2.30. The van der Waals surface area contributed by atoms with Gasteiger partial charge in [-0.1, -0.05) is 6.92 Å². The Hall–Kier alpha value is -3.53. The molecule has 0 unspecified atom stereocenters. The highest BCUT2D eigenvalue weighted by Gasteiger charge is 2.32. The number of benzene rings is 1. The lowest BCUT2D eigenvalue weighted by molar-refractivity contribution is -0.161. The van der Waals surface area contributed by atoms with Gasteiger partial charge in [0.15, 0.2) is 17.2 Å². The molecule has 0 spiro atoms. The standard InChI is InChI=1S/C27H32FNO8/c1-15(12-21(31)24-26(37-17(3)30)22(33-4)10-11-29-24)27(32)36-16(2)25(35-14-18-6-7-18)20-9-8-19(28)13-23(20)34-5/h8-11,13,15-16,18,25H,6-7,12,14H2,1-5H3/t15-,16+,25+/m1/s1. The highest BCUT2D eigenvalue weighted by Crippen LogP contribution is 2.36. The molecule has 3 atom stereocenters. The first kappa shape index (κ1) is 28.0. The van der Waals surface area contributed by atoms with Crippen LogP contribution in [-0.4, -0.2) is 49.6 Å². The highest BCUT2D eigenvalue weighted by molar-refractivity contribution is 5.99. The number of ether oxygens (including phenoxy) is 5. The molecule has 10 heteroatoms. The molecule has 0 aliphatic heterocycles. The molecule has 0 saturated heterocycles. The van der Waals surface area contributed by atoms with Crippen LogP contribution >= 0.6 is 0 Å². The summed E-state index contributed by atoms with van der Waals surface area (Å²) in [7, 11) is 2.80. The number of aromatic nitrogens is 1. The normalized spacial score (nSPS) is 15.3. The molecule has 1 aromatic heterocycles. The number of pyridine rings is 1. The first-order chi connectivity index (χ1) is 17.6. The molecule has 200 valence electrons. The van der Waals surface area contributed by atoms with Crippen molar-refractivity contribution < 1.29 is 42.5 Å². The van der Waals surface area contributed by atoms with Crippen LogP contribution in [0.3, 0.4) is 0 Å². The van der Waals surface area contributed by atoms with E-state index >= 15 is 0 Å². The SMILES string of the molecule is COc1cc(F)ccc1[C@@H](OCC1CC1)[C@H](C)OC(=O)[C@H](C)CC(=O)c1nccc(OC)c1OC(C)=O. The van der Waals surface area contributed by atoms with E-state index in [1.165, 1.54) is 45.5 Å². The third-order valence-electron chi connectivity index (χ3n) is 5.93. The van der Waals surface area contributed by atoms with E-state index in [2.05, 4.69) is 4.98 Å². The van der Waals surface area contributed by atoms with Crippen molar-refractivity contribution in [2.45, 2.75) is 52.2 Å². The fraction of sp³-hybridized carbons (Fsp3) is 0.481. The molecule has 1 fully saturated rings. The number of Topliss-reactive ketones (excluding diaryl/α,β-unsaturated/α-hetero) is 1. The van der Waals surface area contributed by atoms with Gasteiger partial charge in [0.1, 0.15) is 23.8 Å². The smallest absolute Gasteiger partial charge is 0.309 e. The lowest BCUT2D eigenvalue weighted by Gasteiger charge is -2.27. The predicted octanol–water partition coefficient (Wildman–Crippen LogP) is 4.47. The third-order valence-corrected chi connectivity index (χ3v) is 5.93. The Labute approximate surface area is 215 Å². The van der Waals surface area contributed by atoms with Gasteiger partial charge in [0.2, 0.25) is 5.75 Å². The summed E-state index contributed by atoms with van der Waals surface area (Å²) in [6.07, 6.45) is 1.78. The fourth-order valence-corrected chi connectivity index (χ4v) is 3.77. The number of methoxy groups -OCH3 is 2. The number of halogens is 1. The summed E-state index contributed by atoms with van der Waals surface area (Å²) in [6, 6.07) is 5.55. The number of esters is 2. The molecule has 2 aromatic rings. The van der Waals surface area contributed by atoms with Gasteiger partial charge in [0, 0.05) is 37.2 Å². The van der Waals surface area contributed by atoms with E-state index in [-0.39, 0.29) is 29.4 Å². The summed E-state index contributed by atoms with van der Waals surface area (Å²) in [4.78, 5) is 41.5. The summed E-state index contributed by atoms with van der Waals surface area (Å²) in [5, 5.41) is 0. The average molecular weight is 518 g/mol. The molecule has 9 nitrogen and oxygen atoms in total. The van der Waals surface area contributed by atoms with Crippen molar-refractivity contribution in [3.8, 4) is 17.2 Å². The molecule has 1 saturated carbocycles. The van der Waals surface area contributed by atoms with Crippen LogP contribution in [0.4, 0.5) is 4.39 Å². The van der Waals surface area contributed by atoms with Crippen LogP contribution in [0, 0.1) is 17.7 Å². The van der Waals surface area contributed by atoms with E-state index in [9.17, 15) is 18.8 Å². The zero-order chi connectivity index (χ0) is 27.1. The number of carbonyl (C=O) groups excluding carboxylic acids is 3. The predicted molar refractivity (Wildman–Crippen MR) is 130 cm³/mol. The van der Waals surface area contributed by atoms with E-state index < -0.39 is 41.7 Å². The monoisotopic (exact) mass is 517 g/mol. The number of carbonyl (C=O) groups is 3. The minimum absolute atomic E-state index is 0.103. The largest absolute Gasteiger partial charge is 0.496 e. The highest BCUT2D eigenvalue weighted by atomic mass is 19.1. The Morgan fingerprint density at radius 1 is 1.08 bits per heavy atom. The van der Waals surface area contributed by atoms with Crippen LogP contribution in [0.15, 0.2) is 30.5 Å². The Morgan fingerprint density at radius 2 is 1.78 bits per heavy atom. The van der Waals surface area contributed by atoms with Crippen LogP contribution in [0.2, 0.25) is 0 Å². The van der Waals surface area contributed by atoms with Crippen molar-refractivity contribution in [3.05, 3.63) is 47.5 Å². The first-order valence-corrected chi connectivity index (χ1v) is 12.0. The van der Waals surface area contributed by atoms with E-state index in [0.717, 1.165) is 12.8 Å². The zero-order valence-corrected chi connectivity index (χ0v) is 21.6. The number of rotatable bonds is 13. The molecule has 1 heterocycles. The molecule has 0 N–H and O–H groups in total. The van der Waals surface area contributed by atoms with Gasteiger partial charge in [-0.15, -0.1) is 0 Å². The number of hydrogen-bond acceptors (Lipinski definition) is 9. The Morgan fingerprint density at radius 3 is 2.41 bits per heavy atom. The van der Waals surface area contributed by atoms with Crippen LogP contribution in [0.1, 0.15) is 62.2 Å². The molecule has 37 heavy (non-hydrogen) atoms. The number of ketones is 1. The minimum atomic E-state index is -0.840. The van der Waals surface area contributed by atoms with Gasteiger partial charge in [-0.3, -0.25) is 14.4 Å².